The molecule has 0 aromatic heterocycles. The summed E-state index contributed by atoms with van der Waals surface area (Å²) in [5, 5.41) is 14.6. The first kappa shape index (κ1) is 19.0. The number of rotatable bonds is 5. The van der Waals surface area contributed by atoms with Gasteiger partial charge in [-0.15, -0.1) is 11.8 Å². The number of carbonyl (C=O) groups excluding carboxylic acids is 2. The quantitative estimate of drug-likeness (QED) is 0.701. The van der Waals surface area contributed by atoms with Crippen molar-refractivity contribution >= 4 is 46.8 Å². The molecule has 0 saturated carbocycles. The number of amides is 2. The van der Waals surface area contributed by atoms with E-state index in [9.17, 15) is 19.5 Å². The average Bonchev–Trinajstić information content (AvgIpc) is 2.61. The van der Waals surface area contributed by atoms with Crippen molar-refractivity contribution in [3.8, 4) is 0 Å². The van der Waals surface area contributed by atoms with Crippen LogP contribution in [-0.2, 0) is 19.1 Å². The van der Waals surface area contributed by atoms with Gasteiger partial charge in [-0.05, 0) is 31.0 Å². The number of anilines is 1. The molecule has 9 heteroatoms. The molecule has 3 N–H and O–H groups in total. The van der Waals surface area contributed by atoms with Gasteiger partial charge in [0.15, 0.2) is 0 Å². The minimum atomic E-state index is -1.09. The van der Waals surface area contributed by atoms with Crippen molar-refractivity contribution in [2.75, 3.05) is 18.5 Å². The van der Waals surface area contributed by atoms with Crippen LogP contribution in [0.15, 0.2) is 23.1 Å². The maximum absolute atomic E-state index is 12.4. The van der Waals surface area contributed by atoms with Gasteiger partial charge in [0.1, 0.15) is 6.04 Å². The number of benzene rings is 1. The van der Waals surface area contributed by atoms with Gasteiger partial charge in [0.05, 0.1) is 17.5 Å². The van der Waals surface area contributed by atoms with Crippen LogP contribution >= 0.6 is 23.4 Å². The fraction of sp³-hybridized carbons (Fsp3) is 0.471. The van der Waals surface area contributed by atoms with Crippen molar-refractivity contribution in [2.45, 2.75) is 35.4 Å². The molecule has 2 heterocycles. The Bertz CT molecular complexity index is 723. The highest BCUT2D eigenvalue weighted by Crippen LogP contribution is 2.38. The number of ether oxygens (including phenoxy) is 1. The predicted octanol–water partition coefficient (Wildman–Crippen LogP) is 2.14. The van der Waals surface area contributed by atoms with Crippen LogP contribution in [0.5, 0.6) is 0 Å². The lowest BCUT2D eigenvalue weighted by Gasteiger charge is -2.29. The van der Waals surface area contributed by atoms with E-state index < -0.39 is 23.2 Å². The van der Waals surface area contributed by atoms with Crippen molar-refractivity contribution < 1.29 is 24.2 Å². The van der Waals surface area contributed by atoms with E-state index in [1.807, 2.05) is 0 Å². The standard InChI is InChI=1S/C17H19ClN2O5S/c18-10-3-4-12-11(6-10)19-16(22)13(26-12)7-14(21)20-15(17(23)24)9-2-1-5-25-8-9/h3-4,6,9,13,15H,1-2,5,7-8H2,(H,19,22)(H,20,21)(H,23,24). The highest BCUT2D eigenvalue weighted by atomic mass is 35.5. The van der Waals surface area contributed by atoms with Gasteiger partial charge in [0, 0.05) is 28.9 Å². The van der Waals surface area contributed by atoms with Crippen molar-refractivity contribution in [2.24, 2.45) is 5.92 Å². The number of halogens is 1. The second kappa shape index (κ2) is 8.28. The number of carboxylic acid groups (broad SMARTS) is 1. The Morgan fingerprint density at radius 2 is 2.27 bits per heavy atom. The molecule has 2 amide bonds. The summed E-state index contributed by atoms with van der Waals surface area (Å²) in [6.45, 7) is 0.920. The topological polar surface area (TPSA) is 105 Å². The van der Waals surface area contributed by atoms with Crippen LogP contribution in [0.2, 0.25) is 5.02 Å². The normalized spacial score (nSPS) is 23.5. The van der Waals surface area contributed by atoms with Gasteiger partial charge in [0.2, 0.25) is 11.8 Å². The summed E-state index contributed by atoms with van der Waals surface area (Å²) in [5.74, 6) is -2.11. The molecule has 1 fully saturated rings. The van der Waals surface area contributed by atoms with E-state index in [1.165, 1.54) is 11.8 Å². The molecule has 0 radical (unpaired) electrons. The number of fused-ring (bicyclic) bond motifs is 1. The first-order valence-electron chi connectivity index (χ1n) is 8.31. The van der Waals surface area contributed by atoms with E-state index in [0.717, 1.165) is 11.3 Å². The molecular weight excluding hydrogens is 380 g/mol. The maximum atomic E-state index is 12.4. The van der Waals surface area contributed by atoms with Crippen molar-refractivity contribution in [3.63, 3.8) is 0 Å². The third kappa shape index (κ3) is 4.49. The number of aliphatic carboxylic acids is 1. The Balaban J connectivity index is 1.62. The molecule has 1 saturated heterocycles. The molecule has 0 spiro atoms. The van der Waals surface area contributed by atoms with Gasteiger partial charge in [-0.3, -0.25) is 9.59 Å². The largest absolute Gasteiger partial charge is 0.480 e. The number of carbonyl (C=O) groups is 3. The molecule has 3 atom stereocenters. The number of nitrogens with one attached hydrogen (secondary N) is 2. The summed E-state index contributed by atoms with van der Waals surface area (Å²) < 4.78 is 5.32. The summed E-state index contributed by atoms with van der Waals surface area (Å²) in [6, 6.07) is 4.14. The SMILES string of the molecule is O=C(CC1Sc2ccc(Cl)cc2NC1=O)NC(C(=O)O)C1CCCOC1. The second-order valence-corrected chi connectivity index (χ2v) is 7.98. The molecule has 3 unspecified atom stereocenters. The third-order valence-electron chi connectivity index (χ3n) is 4.38. The van der Waals surface area contributed by atoms with Crippen LogP contribution in [0.1, 0.15) is 19.3 Å². The number of hydrogen-bond donors (Lipinski definition) is 3. The Morgan fingerprint density at radius 1 is 1.46 bits per heavy atom. The maximum Gasteiger partial charge on any atom is 0.326 e. The Labute approximate surface area is 159 Å². The second-order valence-electron chi connectivity index (χ2n) is 6.30. The number of carboxylic acids is 1. The van der Waals surface area contributed by atoms with Crippen molar-refractivity contribution in [1.29, 1.82) is 0 Å². The highest BCUT2D eigenvalue weighted by Gasteiger charge is 2.34. The summed E-state index contributed by atoms with van der Waals surface area (Å²) in [7, 11) is 0. The van der Waals surface area contributed by atoms with Crippen LogP contribution in [0, 0.1) is 5.92 Å². The van der Waals surface area contributed by atoms with Gasteiger partial charge < -0.3 is 20.5 Å². The summed E-state index contributed by atoms with van der Waals surface area (Å²) in [6.07, 6.45) is 1.35. The fourth-order valence-electron chi connectivity index (χ4n) is 3.07. The minimum absolute atomic E-state index is 0.101. The monoisotopic (exact) mass is 398 g/mol. The molecule has 2 aliphatic rings. The molecule has 7 nitrogen and oxygen atoms in total. The molecule has 0 aliphatic carbocycles. The molecule has 26 heavy (non-hydrogen) atoms. The van der Waals surface area contributed by atoms with Crippen molar-refractivity contribution in [1.82, 2.24) is 5.32 Å². The Kier molecular flexibility index (Phi) is 6.05. The molecule has 0 bridgehead atoms. The fourth-order valence-corrected chi connectivity index (χ4v) is 4.33. The lowest BCUT2D eigenvalue weighted by molar-refractivity contribution is -0.145. The molecule has 3 rings (SSSR count). The van der Waals surface area contributed by atoms with Crippen molar-refractivity contribution in [3.05, 3.63) is 23.2 Å². The van der Waals surface area contributed by atoms with Gasteiger partial charge in [-0.2, -0.15) is 0 Å². The number of thioether (sulfide) groups is 1. The lowest BCUT2D eigenvalue weighted by Crippen LogP contribution is -2.49. The molecular formula is C17H19ClN2O5S. The predicted molar refractivity (Wildman–Crippen MR) is 97.5 cm³/mol. The van der Waals surface area contributed by atoms with E-state index in [0.29, 0.717) is 30.3 Å². The van der Waals surface area contributed by atoms with E-state index in [2.05, 4.69) is 10.6 Å². The van der Waals surface area contributed by atoms with Gasteiger partial charge in [-0.1, -0.05) is 11.6 Å². The zero-order valence-corrected chi connectivity index (χ0v) is 15.4. The van der Waals surface area contributed by atoms with Gasteiger partial charge in [-0.25, -0.2) is 4.79 Å². The van der Waals surface area contributed by atoms with Crippen LogP contribution in [0.25, 0.3) is 0 Å². The molecule has 140 valence electrons. The first-order valence-corrected chi connectivity index (χ1v) is 9.57. The zero-order chi connectivity index (χ0) is 18.7. The molecule has 1 aromatic carbocycles. The molecule has 2 aliphatic heterocycles. The third-order valence-corrected chi connectivity index (χ3v) is 5.89. The lowest BCUT2D eigenvalue weighted by atomic mass is 9.93. The Morgan fingerprint density at radius 3 is 2.96 bits per heavy atom. The van der Waals surface area contributed by atoms with Crippen LogP contribution in [0.4, 0.5) is 5.69 Å². The van der Waals surface area contributed by atoms with E-state index >= 15 is 0 Å². The van der Waals surface area contributed by atoms with Crippen LogP contribution < -0.4 is 10.6 Å². The summed E-state index contributed by atoms with van der Waals surface area (Å²) in [5.41, 5.74) is 0.618. The summed E-state index contributed by atoms with van der Waals surface area (Å²) >= 11 is 7.18. The highest BCUT2D eigenvalue weighted by molar-refractivity contribution is 8.01. The molecule has 1 aromatic rings. The minimum Gasteiger partial charge on any atom is -0.480 e. The number of hydrogen-bond acceptors (Lipinski definition) is 5. The first-order chi connectivity index (χ1) is 12.4. The smallest absolute Gasteiger partial charge is 0.326 e. The van der Waals surface area contributed by atoms with E-state index in [-0.39, 0.29) is 18.2 Å². The Hall–Kier alpha value is -1.77. The van der Waals surface area contributed by atoms with E-state index in [1.54, 1.807) is 18.2 Å². The zero-order valence-electron chi connectivity index (χ0n) is 13.9. The average molecular weight is 399 g/mol. The summed E-state index contributed by atoms with van der Waals surface area (Å²) in [4.78, 5) is 36.9. The van der Waals surface area contributed by atoms with Gasteiger partial charge >= 0.3 is 5.97 Å². The van der Waals surface area contributed by atoms with Crippen LogP contribution in [0.3, 0.4) is 0 Å². The van der Waals surface area contributed by atoms with Gasteiger partial charge in [0.25, 0.3) is 0 Å². The van der Waals surface area contributed by atoms with Crippen LogP contribution in [-0.4, -0.2) is 47.4 Å². The van der Waals surface area contributed by atoms with E-state index in [4.69, 9.17) is 16.3 Å².